The van der Waals surface area contributed by atoms with Gasteiger partial charge >= 0.3 is 0 Å². The van der Waals surface area contributed by atoms with E-state index < -0.39 is 11.1 Å². The Kier molecular flexibility index (Phi) is 3.73. The highest BCUT2D eigenvalue weighted by Gasteiger charge is 2.37. The minimum Gasteiger partial charge on any atom is -0.368 e. The highest BCUT2D eigenvalue weighted by Crippen LogP contribution is 2.34. The first-order valence-corrected chi connectivity index (χ1v) is 6.75. The van der Waals surface area contributed by atoms with Gasteiger partial charge in [-0.05, 0) is 33.6 Å². The fourth-order valence-corrected chi connectivity index (χ4v) is 2.49. The number of hydrogen-bond donors (Lipinski definition) is 1. The van der Waals surface area contributed by atoms with Crippen LogP contribution in [0.3, 0.4) is 0 Å². The largest absolute Gasteiger partial charge is 0.368 e. The van der Waals surface area contributed by atoms with Crippen molar-refractivity contribution in [1.29, 1.82) is 0 Å². The summed E-state index contributed by atoms with van der Waals surface area (Å²) in [6, 6.07) is 0. The molecule has 1 fully saturated rings. The molecule has 2 rings (SSSR count). The fraction of sp³-hybridized carbons (Fsp3) is 0.846. The van der Waals surface area contributed by atoms with Gasteiger partial charge in [0.25, 0.3) is 0 Å². The van der Waals surface area contributed by atoms with Crippen molar-refractivity contribution in [3.8, 4) is 0 Å². The summed E-state index contributed by atoms with van der Waals surface area (Å²) in [6.45, 7) is 6.45. The van der Waals surface area contributed by atoms with E-state index >= 15 is 0 Å². The van der Waals surface area contributed by atoms with E-state index in [1.54, 1.807) is 0 Å². The van der Waals surface area contributed by atoms with E-state index in [9.17, 15) is 0 Å². The quantitative estimate of drug-likeness (QED) is 0.892. The van der Waals surface area contributed by atoms with Crippen molar-refractivity contribution in [2.24, 2.45) is 5.73 Å². The van der Waals surface area contributed by atoms with E-state index in [1.807, 2.05) is 20.8 Å². The van der Waals surface area contributed by atoms with Crippen molar-refractivity contribution >= 4 is 0 Å². The second-order valence-corrected chi connectivity index (χ2v) is 5.58. The van der Waals surface area contributed by atoms with Crippen LogP contribution in [0.4, 0.5) is 0 Å². The summed E-state index contributed by atoms with van der Waals surface area (Å²) < 4.78 is 11.0. The Morgan fingerprint density at radius 2 is 2.00 bits per heavy atom. The topological polar surface area (TPSA) is 74.2 Å². The summed E-state index contributed by atoms with van der Waals surface area (Å²) in [5, 5.41) is 4.04. The zero-order valence-corrected chi connectivity index (χ0v) is 11.5. The van der Waals surface area contributed by atoms with Crippen molar-refractivity contribution in [3.63, 3.8) is 0 Å². The maximum absolute atomic E-state index is 6.37. The van der Waals surface area contributed by atoms with Crippen LogP contribution >= 0.6 is 0 Å². The third-order valence-corrected chi connectivity index (χ3v) is 3.64. The van der Waals surface area contributed by atoms with E-state index in [1.165, 1.54) is 6.42 Å². The van der Waals surface area contributed by atoms with Gasteiger partial charge < -0.3 is 15.0 Å². The monoisotopic (exact) mass is 253 g/mol. The van der Waals surface area contributed by atoms with Crippen LogP contribution < -0.4 is 5.73 Å². The molecule has 5 nitrogen and oxygen atoms in total. The molecule has 0 spiro atoms. The summed E-state index contributed by atoms with van der Waals surface area (Å²) in [5.74, 6) is 1.14. The van der Waals surface area contributed by atoms with Gasteiger partial charge in [0.15, 0.2) is 0 Å². The van der Waals surface area contributed by atoms with Crippen molar-refractivity contribution in [2.45, 2.75) is 64.0 Å². The van der Waals surface area contributed by atoms with Crippen molar-refractivity contribution in [3.05, 3.63) is 11.7 Å². The Labute approximate surface area is 108 Å². The first kappa shape index (κ1) is 13.5. The lowest BCUT2D eigenvalue weighted by atomic mass is 9.82. The van der Waals surface area contributed by atoms with Crippen LogP contribution in [0.5, 0.6) is 0 Å². The summed E-state index contributed by atoms with van der Waals surface area (Å²) >= 11 is 0. The minimum atomic E-state index is -0.526. The molecule has 102 valence electrons. The molecule has 1 aromatic heterocycles. The molecule has 0 unspecified atom stereocenters. The Hall–Kier alpha value is -0.940. The summed E-state index contributed by atoms with van der Waals surface area (Å²) in [6.07, 6.45) is 5.34. The number of hydrogen-bond acceptors (Lipinski definition) is 5. The normalized spacial score (nSPS) is 20.0. The van der Waals surface area contributed by atoms with Crippen LogP contribution in [0, 0.1) is 0 Å². The lowest BCUT2D eigenvalue weighted by Gasteiger charge is -2.29. The molecule has 1 heterocycles. The SMILES string of the molecule is CCOC(C)(C)c1noc(C2(N)CCCCC2)n1. The highest BCUT2D eigenvalue weighted by atomic mass is 16.5. The molecule has 1 saturated carbocycles. The Bertz CT molecular complexity index is 395. The lowest BCUT2D eigenvalue weighted by molar-refractivity contribution is -0.0221. The Balaban J connectivity index is 2.19. The number of ether oxygens (including phenoxy) is 1. The van der Waals surface area contributed by atoms with E-state index in [-0.39, 0.29) is 0 Å². The van der Waals surface area contributed by atoms with Crippen LogP contribution in [-0.4, -0.2) is 16.7 Å². The van der Waals surface area contributed by atoms with Crippen LogP contribution in [0.1, 0.15) is 64.6 Å². The van der Waals surface area contributed by atoms with Gasteiger partial charge in [0.2, 0.25) is 11.7 Å². The van der Waals surface area contributed by atoms with Crippen molar-refractivity contribution in [1.82, 2.24) is 10.1 Å². The van der Waals surface area contributed by atoms with E-state index in [2.05, 4.69) is 10.1 Å². The van der Waals surface area contributed by atoms with Gasteiger partial charge in [-0.3, -0.25) is 0 Å². The second-order valence-electron chi connectivity index (χ2n) is 5.58. The van der Waals surface area contributed by atoms with Crippen LogP contribution in [-0.2, 0) is 15.9 Å². The van der Waals surface area contributed by atoms with E-state index in [0.29, 0.717) is 18.3 Å². The second kappa shape index (κ2) is 4.97. The summed E-state index contributed by atoms with van der Waals surface area (Å²) in [7, 11) is 0. The number of nitrogens with zero attached hydrogens (tertiary/aromatic N) is 2. The molecule has 0 atom stereocenters. The standard InChI is InChI=1S/C13H23N3O2/c1-4-17-12(2,3)10-15-11(18-16-10)13(14)8-6-5-7-9-13/h4-9,14H2,1-3H3. The van der Waals surface area contributed by atoms with Gasteiger partial charge in [-0.2, -0.15) is 4.98 Å². The Morgan fingerprint density at radius 3 is 2.61 bits per heavy atom. The number of aromatic nitrogens is 2. The van der Waals surface area contributed by atoms with Gasteiger partial charge in [-0.25, -0.2) is 0 Å². The zero-order chi connectivity index (χ0) is 13.2. The predicted molar refractivity (Wildman–Crippen MR) is 67.9 cm³/mol. The number of nitrogens with two attached hydrogens (primary N) is 1. The maximum Gasteiger partial charge on any atom is 0.246 e. The molecule has 1 aromatic rings. The maximum atomic E-state index is 6.37. The lowest BCUT2D eigenvalue weighted by Crippen LogP contribution is -2.39. The first-order valence-electron chi connectivity index (χ1n) is 6.75. The van der Waals surface area contributed by atoms with Crippen LogP contribution in [0.25, 0.3) is 0 Å². The van der Waals surface area contributed by atoms with Gasteiger partial charge in [-0.1, -0.05) is 24.4 Å². The molecule has 18 heavy (non-hydrogen) atoms. The molecular weight excluding hydrogens is 230 g/mol. The molecule has 0 bridgehead atoms. The molecular formula is C13H23N3O2. The fourth-order valence-electron chi connectivity index (χ4n) is 2.49. The summed E-state index contributed by atoms with van der Waals surface area (Å²) in [4.78, 5) is 4.47. The highest BCUT2D eigenvalue weighted by molar-refractivity contribution is 5.06. The van der Waals surface area contributed by atoms with Crippen molar-refractivity contribution < 1.29 is 9.26 Å². The molecule has 0 radical (unpaired) electrons. The third-order valence-electron chi connectivity index (χ3n) is 3.64. The van der Waals surface area contributed by atoms with Gasteiger partial charge in [-0.15, -0.1) is 0 Å². The molecule has 0 saturated heterocycles. The molecule has 5 heteroatoms. The molecule has 1 aliphatic carbocycles. The molecule has 2 N–H and O–H groups in total. The van der Waals surface area contributed by atoms with Crippen LogP contribution in [0.15, 0.2) is 4.52 Å². The molecule has 1 aliphatic rings. The average Bonchev–Trinajstić information content (AvgIpc) is 2.80. The van der Waals surface area contributed by atoms with Crippen LogP contribution in [0.2, 0.25) is 0 Å². The zero-order valence-electron chi connectivity index (χ0n) is 11.5. The summed E-state index contributed by atoms with van der Waals surface area (Å²) in [5.41, 5.74) is 5.41. The van der Waals surface area contributed by atoms with Crippen molar-refractivity contribution in [2.75, 3.05) is 6.61 Å². The molecule has 0 aromatic carbocycles. The Morgan fingerprint density at radius 1 is 1.33 bits per heavy atom. The van der Waals surface area contributed by atoms with Gasteiger partial charge in [0.1, 0.15) is 5.60 Å². The van der Waals surface area contributed by atoms with Gasteiger partial charge in [0.05, 0.1) is 5.54 Å². The molecule has 0 aliphatic heterocycles. The smallest absolute Gasteiger partial charge is 0.246 e. The average molecular weight is 253 g/mol. The van der Waals surface area contributed by atoms with Gasteiger partial charge in [0, 0.05) is 6.61 Å². The third kappa shape index (κ3) is 2.57. The van der Waals surface area contributed by atoms with E-state index in [4.69, 9.17) is 15.0 Å². The number of rotatable bonds is 4. The predicted octanol–water partition coefficient (Wildman–Crippen LogP) is 2.46. The first-order chi connectivity index (χ1) is 8.48. The molecule has 0 amide bonds. The van der Waals surface area contributed by atoms with E-state index in [0.717, 1.165) is 25.7 Å². The minimum absolute atomic E-state index is 0.439.